The predicted molar refractivity (Wildman–Crippen MR) is 153 cm³/mol. The third-order valence-corrected chi connectivity index (χ3v) is 11.1. The van der Waals surface area contributed by atoms with Crippen LogP contribution in [0.1, 0.15) is 31.9 Å². The second-order valence-corrected chi connectivity index (χ2v) is 16.4. The van der Waals surface area contributed by atoms with Gasteiger partial charge in [-0.15, -0.1) is 11.3 Å². The zero-order valence-electron chi connectivity index (χ0n) is 20.4. The van der Waals surface area contributed by atoms with E-state index in [9.17, 15) is 0 Å². The summed E-state index contributed by atoms with van der Waals surface area (Å²) in [6.45, 7) is 11.7. The van der Waals surface area contributed by atoms with Gasteiger partial charge in [-0.25, -0.2) is 0 Å². The topological polar surface area (TPSA) is 12.9 Å². The van der Waals surface area contributed by atoms with E-state index in [-0.39, 0.29) is 5.41 Å². The quantitative estimate of drug-likeness (QED) is 0.233. The van der Waals surface area contributed by atoms with Gasteiger partial charge in [-0.2, -0.15) is 0 Å². The number of nitrogens with zero attached hydrogens (tertiary/aromatic N) is 1. The maximum absolute atomic E-state index is 4.90. The summed E-state index contributed by atoms with van der Waals surface area (Å²) in [6.07, 6.45) is 4.29. The molecule has 0 aliphatic carbocycles. The summed E-state index contributed by atoms with van der Waals surface area (Å²) in [5, 5.41) is 5.42. The molecular weight excluding hydrogens is 447 g/mol. The van der Waals surface area contributed by atoms with Crippen LogP contribution in [0.4, 0.5) is 0 Å². The highest BCUT2D eigenvalue weighted by atomic mass is 32.1. The van der Waals surface area contributed by atoms with Gasteiger partial charge >= 0.3 is 0 Å². The molecule has 6 rings (SSSR count). The first-order valence-corrected chi connectivity index (χ1v) is 15.9. The minimum absolute atomic E-state index is 0.0547. The Morgan fingerprint density at radius 1 is 0.824 bits per heavy atom. The molecule has 1 aliphatic rings. The molecular formula is C31H29NSSi. The van der Waals surface area contributed by atoms with Gasteiger partial charge in [0.1, 0.15) is 8.07 Å². The summed E-state index contributed by atoms with van der Waals surface area (Å²) < 4.78 is 1.26. The molecule has 3 aromatic carbocycles. The third kappa shape index (κ3) is 3.46. The Balaban J connectivity index is 1.52. The average molecular weight is 476 g/mol. The van der Waals surface area contributed by atoms with Crippen LogP contribution in [0.2, 0.25) is 13.1 Å². The van der Waals surface area contributed by atoms with Crippen molar-refractivity contribution in [3.63, 3.8) is 0 Å². The molecule has 0 fully saturated rings. The van der Waals surface area contributed by atoms with Gasteiger partial charge in [-0.1, -0.05) is 82.0 Å². The summed E-state index contributed by atoms with van der Waals surface area (Å²) in [5.41, 5.74) is 8.85. The molecule has 34 heavy (non-hydrogen) atoms. The number of hydrogen-bond acceptors (Lipinski definition) is 2. The van der Waals surface area contributed by atoms with E-state index >= 15 is 0 Å². The minimum atomic E-state index is -1.40. The zero-order valence-corrected chi connectivity index (χ0v) is 22.3. The maximum atomic E-state index is 4.90. The van der Waals surface area contributed by atoms with Crippen molar-refractivity contribution < 1.29 is 0 Å². The van der Waals surface area contributed by atoms with Crippen molar-refractivity contribution in [1.29, 1.82) is 0 Å². The van der Waals surface area contributed by atoms with Crippen LogP contribution in [0.3, 0.4) is 0 Å². The van der Waals surface area contributed by atoms with E-state index < -0.39 is 8.07 Å². The van der Waals surface area contributed by atoms with Crippen LogP contribution < -0.4 is 5.19 Å². The van der Waals surface area contributed by atoms with Crippen molar-refractivity contribution in [2.24, 2.45) is 0 Å². The Morgan fingerprint density at radius 2 is 1.65 bits per heavy atom. The van der Waals surface area contributed by atoms with Crippen LogP contribution in [0.5, 0.6) is 0 Å². The van der Waals surface area contributed by atoms with Gasteiger partial charge in [0.25, 0.3) is 0 Å². The lowest BCUT2D eigenvalue weighted by Gasteiger charge is -2.22. The van der Waals surface area contributed by atoms with E-state index in [4.69, 9.17) is 4.98 Å². The van der Waals surface area contributed by atoms with E-state index in [1.165, 1.54) is 48.0 Å². The van der Waals surface area contributed by atoms with E-state index in [1.54, 1.807) is 5.19 Å². The lowest BCUT2D eigenvalue weighted by Crippen LogP contribution is -2.37. The van der Waals surface area contributed by atoms with Crippen LogP contribution in [-0.2, 0) is 5.41 Å². The summed E-state index contributed by atoms with van der Waals surface area (Å²) in [5.74, 6) is 0. The van der Waals surface area contributed by atoms with Gasteiger partial charge in [0.05, 0.1) is 10.4 Å². The van der Waals surface area contributed by atoms with Crippen LogP contribution in [0.25, 0.3) is 48.6 Å². The van der Waals surface area contributed by atoms with E-state index in [0.717, 1.165) is 5.69 Å². The first kappa shape index (κ1) is 21.5. The first-order valence-electron chi connectivity index (χ1n) is 12.0. The van der Waals surface area contributed by atoms with E-state index in [1.807, 2.05) is 17.5 Å². The van der Waals surface area contributed by atoms with Crippen molar-refractivity contribution in [3.05, 3.63) is 89.8 Å². The van der Waals surface area contributed by atoms with E-state index in [0.29, 0.717) is 0 Å². The van der Waals surface area contributed by atoms with Gasteiger partial charge in [-0.05, 0) is 73.8 Å². The highest BCUT2D eigenvalue weighted by Crippen LogP contribution is 2.41. The van der Waals surface area contributed by atoms with Gasteiger partial charge in [0.15, 0.2) is 0 Å². The largest absolute Gasteiger partial charge is 0.255 e. The number of rotatable bonds is 2. The van der Waals surface area contributed by atoms with Crippen molar-refractivity contribution in [2.75, 3.05) is 0 Å². The lowest BCUT2D eigenvalue weighted by atomic mass is 9.82. The fraction of sp³-hybridized carbons (Fsp3) is 0.194. The summed E-state index contributed by atoms with van der Waals surface area (Å²) >= 11 is 1.86. The number of thiophene rings is 1. The highest BCUT2D eigenvalue weighted by Gasteiger charge is 2.27. The van der Waals surface area contributed by atoms with Gasteiger partial charge in [-0.3, -0.25) is 4.98 Å². The number of pyridine rings is 1. The highest BCUT2D eigenvalue weighted by molar-refractivity contribution is 7.22. The van der Waals surface area contributed by atoms with E-state index in [2.05, 4.69) is 112 Å². The molecule has 1 nitrogen and oxygen atoms in total. The zero-order chi connectivity index (χ0) is 23.7. The van der Waals surface area contributed by atoms with Crippen molar-refractivity contribution >= 4 is 51.5 Å². The minimum Gasteiger partial charge on any atom is -0.255 e. The molecule has 0 bridgehead atoms. The third-order valence-electron chi connectivity index (χ3n) is 7.09. The maximum Gasteiger partial charge on any atom is 0.104 e. The number of aromatic nitrogens is 1. The van der Waals surface area contributed by atoms with Crippen molar-refractivity contribution in [1.82, 2.24) is 4.98 Å². The monoisotopic (exact) mass is 475 g/mol. The summed E-state index contributed by atoms with van der Waals surface area (Å²) in [7, 11) is -1.40. The lowest BCUT2D eigenvalue weighted by molar-refractivity contribution is 0.596. The molecule has 0 saturated carbocycles. The smallest absolute Gasteiger partial charge is 0.104 e. The Kier molecular flexibility index (Phi) is 4.74. The molecule has 2 aromatic heterocycles. The fourth-order valence-electron chi connectivity index (χ4n) is 5.21. The average Bonchev–Trinajstić information content (AvgIpc) is 3.38. The van der Waals surface area contributed by atoms with Gasteiger partial charge < -0.3 is 0 Å². The molecule has 0 atom stereocenters. The molecule has 0 unspecified atom stereocenters. The fourth-order valence-corrected chi connectivity index (χ4v) is 8.56. The van der Waals surface area contributed by atoms with Crippen molar-refractivity contribution in [2.45, 2.75) is 39.3 Å². The second-order valence-electron chi connectivity index (χ2n) is 11.0. The van der Waals surface area contributed by atoms with Gasteiger partial charge in [0.2, 0.25) is 0 Å². The van der Waals surface area contributed by atoms with Crippen molar-refractivity contribution in [3.8, 4) is 21.7 Å². The number of hydrogen-bond donors (Lipinski definition) is 0. The number of benzene rings is 3. The predicted octanol–water partition coefficient (Wildman–Crippen LogP) is 8.56. The molecule has 0 N–H and O–H groups in total. The SMILES string of the molecule is CC(C)(C)c1cc(-c2nccc3cc(-c4ccc5c(c4)C=C[Si]5(C)C)sc23)cc2ccccc12. The molecule has 0 amide bonds. The molecule has 3 heteroatoms. The number of fused-ring (bicyclic) bond motifs is 3. The molecule has 0 radical (unpaired) electrons. The standard InChI is InChI=1S/C31H29NSSi/c1-31(2,3)26-18-24(16-20-8-6-7-9-25(20)26)29-30-23(12-14-32-29)19-27(33-30)21-10-11-28-22(17-21)13-15-34(28,4)5/h6-19H,1-5H3. The Labute approximate surface area is 206 Å². The Morgan fingerprint density at radius 3 is 2.47 bits per heavy atom. The van der Waals surface area contributed by atoms with Crippen LogP contribution >= 0.6 is 11.3 Å². The first-order chi connectivity index (χ1) is 16.2. The summed E-state index contributed by atoms with van der Waals surface area (Å²) in [6, 6.07) is 24.9. The van der Waals surface area contributed by atoms with Gasteiger partial charge in [0, 0.05) is 16.6 Å². The Hall–Kier alpha value is -3.01. The molecule has 168 valence electrons. The molecule has 0 spiro atoms. The summed E-state index contributed by atoms with van der Waals surface area (Å²) in [4.78, 5) is 6.20. The van der Waals surface area contributed by atoms with Crippen LogP contribution in [0, 0.1) is 0 Å². The normalized spacial score (nSPS) is 14.7. The molecule has 1 aliphatic heterocycles. The van der Waals surface area contributed by atoms with Crippen LogP contribution in [-0.4, -0.2) is 13.1 Å². The molecule has 0 saturated heterocycles. The molecule has 5 aromatic rings. The Bertz CT molecular complexity index is 1610. The second kappa shape index (κ2) is 7.49. The molecule has 3 heterocycles. The van der Waals surface area contributed by atoms with Crippen LogP contribution in [0.15, 0.2) is 78.6 Å².